The highest BCUT2D eigenvalue weighted by Gasteiger charge is 2.23. The molecule has 0 spiro atoms. The van der Waals surface area contributed by atoms with Crippen molar-refractivity contribution >= 4 is 0 Å². The Labute approximate surface area is 143 Å². The van der Waals surface area contributed by atoms with Gasteiger partial charge in [0, 0.05) is 5.92 Å². The number of aromatic nitrogens is 2. The molecule has 1 aromatic heterocycles. The molecular weight excluding hydrogens is 280 g/mol. The smallest absolute Gasteiger partial charge is 0.0662 e. The monoisotopic (exact) mass is 316 g/mol. The summed E-state index contributed by atoms with van der Waals surface area (Å²) in [6.45, 7) is 4.55. The maximum absolute atomic E-state index is 4.55. The van der Waals surface area contributed by atoms with E-state index in [-0.39, 0.29) is 0 Å². The predicted octanol–water partition coefficient (Wildman–Crippen LogP) is 6.45. The minimum atomic E-state index is 0.666. The topological polar surface area (TPSA) is 25.8 Å². The van der Waals surface area contributed by atoms with Gasteiger partial charge in [0.1, 0.15) is 0 Å². The zero-order valence-electron chi connectivity index (χ0n) is 15.4. The molecule has 2 rings (SSSR count). The highest BCUT2D eigenvalue weighted by molar-refractivity contribution is 5.12. The van der Waals surface area contributed by atoms with Crippen molar-refractivity contribution in [3.05, 3.63) is 23.5 Å². The fourth-order valence-corrected chi connectivity index (χ4v) is 3.88. The zero-order valence-corrected chi connectivity index (χ0v) is 15.4. The number of rotatable bonds is 10. The van der Waals surface area contributed by atoms with Gasteiger partial charge in [-0.15, -0.1) is 0 Å². The third-order valence-corrected chi connectivity index (χ3v) is 5.51. The molecule has 0 N–H and O–H groups in total. The van der Waals surface area contributed by atoms with Crippen LogP contribution in [0.25, 0.3) is 0 Å². The second-order valence-corrected chi connectivity index (χ2v) is 7.47. The van der Waals surface area contributed by atoms with Crippen LogP contribution in [0, 0.1) is 5.92 Å². The molecule has 0 saturated heterocycles. The standard InChI is InChI=1S/C21H36N2/c1-3-5-7-9-11-20-16-17-21(23-22-20)19-14-12-18(13-15-19)10-8-6-4-2/h16-19H,3-15H2,1-2H3. The van der Waals surface area contributed by atoms with Crippen LogP contribution in [0.5, 0.6) is 0 Å². The lowest BCUT2D eigenvalue weighted by Crippen LogP contribution is -2.15. The molecule has 2 nitrogen and oxygen atoms in total. The third-order valence-electron chi connectivity index (χ3n) is 5.51. The Balaban J connectivity index is 1.71. The van der Waals surface area contributed by atoms with E-state index in [2.05, 4.69) is 36.2 Å². The van der Waals surface area contributed by atoms with Crippen LogP contribution in [0.2, 0.25) is 0 Å². The summed E-state index contributed by atoms with van der Waals surface area (Å²) in [5.74, 6) is 1.64. The second kappa shape index (κ2) is 10.8. The molecular formula is C21H36N2. The van der Waals surface area contributed by atoms with Crippen molar-refractivity contribution in [1.82, 2.24) is 10.2 Å². The van der Waals surface area contributed by atoms with E-state index in [1.54, 1.807) is 0 Å². The van der Waals surface area contributed by atoms with E-state index >= 15 is 0 Å². The van der Waals surface area contributed by atoms with E-state index in [9.17, 15) is 0 Å². The maximum Gasteiger partial charge on any atom is 0.0662 e. The average Bonchev–Trinajstić information content (AvgIpc) is 2.60. The van der Waals surface area contributed by atoms with E-state index in [4.69, 9.17) is 0 Å². The predicted molar refractivity (Wildman–Crippen MR) is 98.7 cm³/mol. The van der Waals surface area contributed by atoms with Crippen molar-refractivity contribution in [2.75, 3.05) is 0 Å². The number of nitrogens with zero attached hydrogens (tertiary/aromatic N) is 2. The Bertz CT molecular complexity index is 404. The van der Waals surface area contributed by atoms with Gasteiger partial charge in [-0.1, -0.05) is 58.8 Å². The molecule has 0 atom stereocenters. The van der Waals surface area contributed by atoms with E-state index in [1.807, 2.05) is 0 Å². The Morgan fingerprint density at radius 1 is 0.826 bits per heavy atom. The van der Waals surface area contributed by atoms with Gasteiger partial charge >= 0.3 is 0 Å². The first kappa shape index (κ1) is 18.4. The molecule has 0 bridgehead atoms. The lowest BCUT2D eigenvalue weighted by molar-refractivity contribution is 0.299. The summed E-state index contributed by atoms with van der Waals surface area (Å²) < 4.78 is 0. The van der Waals surface area contributed by atoms with E-state index in [1.165, 1.54) is 88.4 Å². The minimum absolute atomic E-state index is 0.666. The highest BCUT2D eigenvalue weighted by atomic mass is 15.1. The summed E-state index contributed by atoms with van der Waals surface area (Å²) in [4.78, 5) is 0. The molecule has 1 fully saturated rings. The fourth-order valence-electron chi connectivity index (χ4n) is 3.88. The maximum atomic E-state index is 4.55. The highest BCUT2D eigenvalue weighted by Crippen LogP contribution is 2.36. The van der Waals surface area contributed by atoms with E-state index in [0.29, 0.717) is 5.92 Å². The van der Waals surface area contributed by atoms with E-state index in [0.717, 1.165) is 12.3 Å². The first-order valence-corrected chi connectivity index (χ1v) is 10.2. The van der Waals surface area contributed by atoms with Gasteiger partial charge in [-0.3, -0.25) is 0 Å². The summed E-state index contributed by atoms with van der Waals surface area (Å²) in [5, 5.41) is 9.03. The van der Waals surface area contributed by atoms with Gasteiger partial charge in [0.05, 0.1) is 11.4 Å². The lowest BCUT2D eigenvalue weighted by Gasteiger charge is -2.28. The van der Waals surface area contributed by atoms with E-state index < -0.39 is 0 Å². The van der Waals surface area contributed by atoms with Crippen LogP contribution in [0.3, 0.4) is 0 Å². The van der Waals surface area contributed by atoms with Gasteiger partial charge in [0.15, 0.2) is 0 Å². The largest absolute Gasteiger partial charge is 0.155 e. The lowest BCUT2D eigenvalue weighted by atomic mass is 9.78. The van der Waals surface area contributed by atoms with Crippen molar-refractivity contribution in [3.63, 3.8) is 0 Å². The minimum Gasteiger partial charge on any atom is -0.155 e. The van der Waals surface area contributed by atoms with Crippen LogP contribution < -0.4 is 0 Å². The Kier molecular flexibility index (Phi) is 8.63. The molecule has 1 aliphatic rings. The molecule has 1 aliphatic carbocycles. The average molecular weight is 317 g/mol. The molecule has 1 saturated carbocycles. The SMILES string of the molecule is CCCCCCc1ccc(C2CCC(CCCCC)CC2)nn1. The summed E-state index contributed by atoms with van der Waals surface area (Å²) in [5.41, 5.74) is 2.42. The molecule has 0 amide bonds. The van der Waals surface area contributed by atoms with Gasteiger partial charge in [-0.05, 0) is 56.6 Å². The Morgan fingerprint density at radius 2 is 1.57 bits per heavy atom. The summed E-state index contributed by atoms with van der Waals surface area (Å²) >= 11 is 0. The van der Waals surface area contributed by atoms with Crippen LogP contribution in [0.1, 0.15) is 108 Å². The normalized spacial score (nSPS) is 21.5. The van der Waals surface area contributed by atoms with Crippen molar-refractivity contribution in [2.45, 2.75) is 103 Å². The number of unbranched alkanes of at least 4 members (excludes halogenated alkanes) is 5. The number of hydrogen-bond donors (Lipinski definition) is 0. The number of aryl methyl sites for hydroxylation is 1. The Morgan fingerprint density at radius 3 is 2.22 bits per heavy atom. The van der Waals surface area contributed by atoms with Gasteiger partial charge in [0.2, 0.25) is 0 Å². The first-order chi connectivity index (χ1) is 11.3. The molecule has 1 aromatic rings. The summed E-state index contributed by atoms with van der Waals surface area (Å²) in [7, 11) is 0. The molecule has 130 valence electrons. The summed E-state index contributed by atoms with van der Waals surface area (Å²) in [6.07, 6.45) is 17.4. The molecule has 2 heteroatoms. The van der Waals surface area contributed by atoms with Crippen LogP contribution in [-0.4, -0.2) is 10.2 Å². The molecule has 0 radical (unpaired) electrons. The molecule has 0 aliphatic heterocycles. The molecule has 1 heterocycles. The van der Waals surface area contributed by atoms with Crippen molar-refractivity contribution < 1.29 is 0 Å². The van der Waals surface area contributed by atoms with Gasteiger partial charge in [-0.2, -0.15) is 10.2 Å². The van der Waals surface area contributed by atoms with Crippen LogP contribution in [0.4, 0.5) is 0 Å². The zero-order chi connectivity index (χ0) is 16.3. The van der Waals surface area contributed by atoms with Gasteiger partial charge in [-0.25, -0.2) is 0 Å². The fraction of sp³-hybridized carbons (Fsp3) is 0.810. The van der Waals surface area contributed by atoms with Crippen molar-refractivity contribution in [1.29, 1.82) is 0 Å². The van der Waals surface area contributed by atoms with Crippen molar-refractivity contribution in [2.24, 2.45) is 5.92 Å². The van der Waals surface area contributed by atoms with Crippen LogP contribution >= 0.6 is 0 Å². The van der Waals surface area contributed by atoms with Crippen LogP contribution in [-0.2, 0) is 6.42 Å². The Hall–Kier alpha value is -0.920. The third kappa shape index (κ3) is 6.61. The second-order valence-electron chi connectivity index (χ2n) is 7.47. The first-order valence-electron chi connectivity index (χ1n) is 10.2. The number of hydrogen-bond acceptors (Lipinski definition) is 2. The quantitative estimate of drug-likeness (QED) is 0.463. The molecule has 0 unspecified atom stereocenters. The van der Waals surface area contributed by atoms with Crippen molar-refractivity contribution in [3.8, 4) is 0 Å². The van der Waals surface area contributed by atoms with Gasteiger partial charge < -0.3 is 0 Å². The van der Waals surface area contributed by atoms with Crippen LogP contribution in [0.15, 0.2) is 12.1 Å². The van der Waals surface area contributed by atoms with Gasteiger partial charge in [0.25, 0.3) is 0 Å². The molecule has 0 aromatic carbocycles. The summed E-state index contributed by atoms with van der Waals surface area (Å²) in [6, 6.07) is 4.48. The molecule has 23 heavy (non-hydrogen) atoms.